The van der Waals surface area contributed by atoms with Gasteiger partial charge in [-0.15, -0.1) is 0 Å². The number of aromatic nitrogens is 4. The number of carbonyl (C=O) groups is 2. The fourth-order valence-corrected chi connectivity index (χ4v) is 4.36. The molecule has 3 heterocycles. The number of benzene rings is 2. The van der Waals surface area contributed by atoms with Crippen molar-refractivity contribution < 1.29 is 66.7 Å². The lowest BCUT2D eigenvalue weighted by Crippen LogP contribution is -3.00. The van der Waals surface area contributed by atoms with Gasteiger partial charge in [-0.2, -0.15) is 19.3 Å². The molecule has 0 saturated carbocycles. The number of hydrazone groups is 2. The molecule has 0 fully saturated rings. The van der Waals surface area contributed by atoms with Crippen LogP contribution in [0, 0.1) is 0 Å². The second-order valence-corrected chi connectivity index (χ2v) is 8.91. The third-order valence-electron chi connectivity index (χ3n) is 6.38. The van der Waals surface area contributed by atoms with Crippen LogP contribution in [0.1, 0.15) is 46.0 Å². The summed E-state index contributed by atoms with van der Waals surface area (Å²) in [6, 6.07) is 21.2. The van der Waals surface area contributed by atoms with Crippen LogP contribution < -0.4 is 67.9 Å². The Bertz CT molecular complexity index is 1670. The van der Waals surface area contributed by atoms with Gasteiger partial charge in [-0.3, -0.25) is 9.59 Å². The molecule has 5 aromatic rings. The van der Waals surface area contributed by atoms with E-state index in [0.29, 0.717) is 0 Å². The van der Waals surface area contributed by atoms with Crippen molar-refractivity contribution in [3.63, 3.8) is 0 Å². The first-order chi connectivity index (χ1) is 19.6. The van der Waals surface area contributed by atoms with Crippen LogP contribution in [0.3, 0.4) is 0 Å². The average Bonchev–Trinajstić information content (AvgIpc) is 3.00. The minimum absolute atomic E-state index is 0. The van der Waals surface area contributed by atoms with Crippen molar-refractivity contribution in [1.82, 2.24) is 20.8 Å². The van der Waals surface area contributed by atoms with Gasteiger partial charge in [-0.1, -0.05) is 0 Å². The summed E-state index contributed by atoms with van der Waals surface area (Å²) in [6.45, 7) is 5.92. The van der Waals surface area contributed by atoms with Crippen molar-refractivity contribution >= 4 is 46.0 Å². The van der Waals surface area contributed by atoms with E-state index < -0.39 is 11.8 Å². The number of carbonyl (C=O) groups excluding carboxylic acids is 2. The van der Waals surface area contributed by atoms with Crippen LogP contribution in [0.25, 0.3) is 21.8 Å². The first-order valence-electron chi connectivity index (χ1n) is 12.9. The van der Waals surface area contributed by atoms with E-state index in [-0.39, 0.29) is 59.3 Å². The van der Waals surface area contributed by atoms with E-state index in [1.165, 1.54) is 6.07 Å². The summed E-state index contributed by atoms with van der Waals surface area (Å²) in [5, 5.41) is 10.2. The van der Waals surface area contributed by atoms with Crippen LogP contribution in [0.2, 0.25) is 0 Å². The Labute approximate surface area is 277 Å². The fourth-order valence-electron chi connectivity index (χ4n) is 4.36. The summed E-state index contributed by atoms with van der Waals surface area (Å²) in [7, 11) is 0. The first kappa shape index (κ1) is 32.6. The number of rotatable bonds is 8. The molecule has 2 amide bonds. The zero-order valence-corrected chi connectivity index (χ0v) is 27.2. The van der Waals surface area contributed by atoms with Crippen molar-refractivity contribution in [3.8, 4) is 0 Å². The maximum atomic E-state index is 12.6. The molecule has 42 heavy (non-hydrogen) atoms. The molecule has 0 atom stereocenters. The van der Waals surface area contributed by atoms with Gasteiger partial charge in [0.25, 0.3) is 11.8 Å². The maximum Gasteiger partial charge on any atom is 0.290 e. The molecule has 5 rings (SSSR count). The fraction of sp³-hybridized carbons (Fsp3) is 0.133. The predicted molar refractivity (Wildman–Crippen MR) is 152 cm³/mol. The number of pyridine rings is 2. The second-order valence-electron chi connectivity index (χ2n) is 8.91. The largest absolute Gasteiger partial charge is 1.00 e. The van der Waals surface area contributed by atoms with Gasteiger partial charge in [-0.05, 0) is 61.4 Å². The number of nitrogens with one attached hydrogen (secondary N) is 2. The van der Waals surface area contributed by atoms with E-state index >= 15 is 0 Å². The molecule has 214 valence electrons. The minimum atomic E-state index is -0.568. The number of amides is 2. The number of hydrogen-bond donors (Lipinski definition) is 2. The topological polar surface area (TPSA) is 116 Å². The lowest BCUT2D eigenvalue weighted by molar-refractivity contribution is -0.668. The van der Waals surface area contributed by atoms with Crippen molar-refractivity contribution in [3.05, 3.63) is 108 Å². The van der Waals surface area contributed by atoms with Crippen LogP contribution in [0.4, 0.5) is 0 Å². The monoisotopic (exact) mass is 786 g/mol. The molecule has 0 aliphatic rings. The summed E-state index contributed by atoms with van der Waals surface area (Å²) in [6.07, 6.45) is 8.32. The SMILES string of the molecule is CC[n+]1cccc2cc(/C=N/NC(=O)c3cc(C(=O)N/N=C/c4ccc5c(ccc[n+]5CC)c4)ncn3)ccc21.[I-].[I-]. The van der Waals surface area contributed by atoms with Crippen molar-refractivity contribution in [2.24, 2.45) is 10.2 Å². The van der Waals surface area contributed by atoms with E-state index in [0.717, 1.165) is 52.3 Å². The van der Waals surface area contributed by atoms with Gasteiger partial charge in [0, 0.05) is 41.1 Å². The summed E-state index contributed by atoms with van der Waals surface area (Å²) in [5.74, 6) is -1.14. The predicted octanol–water partition coefficient (Wildman–Crippen LogP) is -3.07. The Morgan fingerprint density at radius 1 is 0.714 bits per heavy atom. The highest BCUT2D eigenvalue weighted by Crippen LogP contribution is 2.12. The molecule has 0 aliphatic carbocycles. The van der Waals surface area contributed by atoms with E-state index in [4.69, 9.17) is 0 Å². The Morgan fingerprint density at radius 3 is 1.60 bits per heavy atom. The third-order valence-corrected chi connectivity index (χ3v) is 6.38. The molecular formula is C30H28I2N8O2. The number of aryl methyl sites for hydroxylation is 2. The van der Waals surface area contributed by atoms with E-state index in [9.17, 15) is 9.59 Å². The van der Waals surface area contributed by atoms with Crippen molar-refractivity contribution in [1.29, 1.82) is 0 Å². The highest BCUT2D eigenvalue weighted by atomic mass is 127. The molecule has 0 bridgehead atoms. The van der Waals surface area contributed by atoms with Crippen molar-refractivity contribution in [2.75, 3.05) is 0 Å². The van der Waals surface area contributed by atoms with E-state index in [2.05, 4.69) is 54.0 Å². The van der Waals surface area contributed by atoms with Gasteiger partial charge in [0.15, 0.2) is 12.4 Å². The van der Waals surface area contributed by atoms with Gasteiger partial charge >= 0.3 is 0 Å². The summed E-state index contributed by atoms with van der Waals surface area (Å²) in [4.78, 5) is 33.1. The van der Waals surface area contributed by atoms with Crippen LogP contribution in [0.5, 0.6) is 0 Å². The zero-order chi connectivity index (χ0) is 27.9. The Morgan fingerprint density at radius 2 is 1.17 bits per heavy atom. The third kappa shape index (κ3) is 7.67. The summed E-state index contributed by atoms with van der Waals surface area (Å²) >= 11 is 0. The molecule has 2 N–H and O–H groups in total. The molecule has 0 saturated heterocycles. The summed E-state index contributed by atoms with van der Waals surface area (Å²) < 4.78 is 4.30. The summed E-state index contributed by atoms with van der Waals surface area (Å²) in [5.41, 5.74) is 8.79. The first-order valence-corrected chi connectivity index (χ1v) is 12.9. The molecule has 12 heteroatoms. The van der Waals surface area contributed by atoms with E-state index in [1.54, 1.807) is 12.4 Å². The molecule has 0 radical (unpaired) electrons. The van der Waals surface area contributed by atoms with Gasteiger partial charge in [0.2, 0.25) is 11.0 Å². The standard InChI is InChI=1S/C30H26N8O2.2HI/c1-3-37-13-5-7-23-15-21(9-11-27(23)37)18-33-35-29(39)25-17-26(32-20-31-25)30(40)36-34-19-22-10-12-28-24(16-22)8-6-14-38(28)4-2;;/h5-20H,3-4H2,1-2H3;2*1H/b33-18+,34-19+;;. The zero-order valence-electron chi connectivity index (χ0n) is 22.9. The molecule has 10 nitrogen and oxygen atoms in total. The van der Waals surface area contributed by atoms with Crippen molar-refractivity contribution in [2.45, 2.75) is 26.9 Å². The molecule has 3 aromatic heterocycles. The van der Waals surface area contributed by atoms with Gasteiger partial charge < -0.3 is 48.0 Å². The Balaban J connectivity index is 0.00000242. The molecule has 0 spiro atoms. The maximum absolute atomic E-state index is 12.6. The Kier molecular flexibility index (Phi) is 11.9. The average molecular weight is 786 g/mol. The van der Waals surface area contributed by atoms with Crippen LogP contribution in [0.15, 0.2) is 95.7 Å². The highest BCUT2D eigenvalue weighted by Gasteiger charge is 2.13. The van der Waals surface area contributed by atoms with Crippen LogP contribution in [-0.2, 0) is 13.1 Å². The number of halogens is 2. The van der Waals surface area contributed by atoms with E-state index in [1.807, 2.05) is 73.1 Å². The number of fused-ring (bicyclic) bond motifs is 2. The second kappa shape index (κ2) is 15.3. The quantitative estimate of drug-likeness (QED) is 0.0753. The van der Waals surface area contributed by atoms with Crippen LogP contribution >= 0.6 is 0 Å². The highest BCUT2D eigenvalue weighted by molar-refractivity contribution is 5.98. The molecular weight excluding hydrogens is 758 g/mol. The Hall–Kier alpha value is -3.92. The number of hydrogen-bond acceptors (Lipinski definition) is 6. The number of nitrogens with zero attached hydrogens (tertiary/aromatic N) is 6. The molecule has 0 unspecified atom stereocenters. The molecule has 2 aromatic carbocycles. The van der Waals surface area contributed by atoms with Gasteiger partial charge in [0.05, 0.1) is 12.4 Å². The van der Waals surface area contributed by atoms with Gasteiger partial charge in [0.1, 0.15) is 30.8 Å². The van der Waals surface area contributed by atoms with Gasteiger partial charge in [-0.25, -0.2) is 20.8 Å². The normalized spacial score (nSPS) is 10.9. The lowest BCUT2D eigenvalue weighted by Gasteiger charge is -2.03. The smallest absolute Gasteiger partial charge is 0.290 e. The van der Waals surface area contributed by atoms with Crippen LogP contribution in [-0.4, -0.2) is 34.2 Å². The lowest BCUT2D eigenvalue weighted by atomic mass is 10.1. The molecule has 0 aliphatic heterocycles. The minimum Gasteiger partial charge on any atom is -1.00 e.